The number of nitrogens with one attached hydrogen (secondary N) is 2. The first-order chi connectivity index (χ1) is 18.7. The summed E-state index contributed by atoms with van der Waals surface area (Å²) in [6.07, 6.45) is -5.84. The van der Waals surface area contributed by atoms with Crippen LogP contribution >= 0.6 is 0 Å². The minimum Gasteiger partial charge on any atom is -0.394 e. The number of benzene rings is 2. The topological polar surface area (TPSA) is 159 Å². The molecule has 0 aromatic heterocycles. The van der Waals surface area contributed by atoms with Crippen LogP contribution < -0.4 is 10.6 Å². The van der Waals surface area contributed by atoms with Crippen LogP contribution in [-0.2, 0) is 4.79 Å². The van der Waals surface area contributed by atoms with Crippen molar-refractivity contribution in [1.82, 2.24) is 10.6 Å². The van der Waals surface area contributed by atoms with Crippen molar-refractivity contribution < 1.29 is 35.1 Å². The van der Waals surface area contributed by atoms with E-state index in [4.69, 9.17) is 10.2 Å². The highest BCUT2D eigenvalue weighted by Crippen LogP contribution is 2.18. The van der Waals surface area contributed by atoms with Crippen molar-refractivity contribution in [1.29, 1.82) is 0 Å². The monoisotopic (exact) mass is 556 g/mol. The second-order valence-corrected chi connectivity index (χ2v) is 7.16. The molecule has 0 spiro atoms. The molecule has 7 N–H and O–H groups in total. The van der Waals surface area contributed by atoms with Crippen LogP contribution in [0.5, 0.6) is 0 Å². The van der Waals surface area contributed by atoms with Crippen LogP contribution in [0, 0.1) is 0 Å². The molecule has 9 heteroatoms. The number of likely N-dealkylation sites (N-methyl/N-ethyl adjacent to an activating group) is 1. The molecular weight excluding hydrogens is 500 g/mol. The van der Waals surface area contributed by atoms with E-state index in [2.05, 4.69) is 24.5 Å². The summed E-state index contributed by atoms with van der Waals surface area (Å²) in [5.41, 5.74) is 0.745. The zero-order valence-electron chi connectivity index (χ0n) is 25.7. The molecule has 0 aliphatic carbocycles. The Morgan fingerprint density at radius 3 is 1.64 bits per heavy atom. The summed E-state index contributed by atoms with van der Waals surface area (Å²) < 4.78 is 0. The molecule has 2 rings (SSSR count). The average Bonchev–Trinajstić information content (AvgIpc) is 2.99. The van der Waals surface area contributed by atoms with Crippen molar-refractivity contribution in [3.05, 3.63) is 48.0 Å². The summed E-state index contributed by atoms with van der Waals surface area (Å²) in [4.78, 5) is 22.8. The Morgan fingerprint density at radius 1 is 0.718 bits per heavy atom. The van der Waals surface area contributed by atoms with Crippen LogP contribution in [0.2, 0.25) is 0 Å². The maximum absolute atomic E-state index is 11.7. The van der Waals surface area contributed by atoms with E-state index in [1.54, 1.807) is 6.92 Å². The molecule has 0 bridgehead atoms. The van der Waals surface area contributed by atoms with Gasteiger partial charge in [-0.05, 0) is 30.7 Å². The molecule has 0 saturated heterocycles. The third-order valence-electron chi connectivity index (χ3n) is 4.25. The Balaban J connectivity index is -0.000000243. The third-order valence-corrected chi connectivity index (χ3v) is 4.25. The van der Waals surface area contributed by atoms with Crippen molar-refractivity contribution in [2.45, 2.75) is 100 Å². The number of hydrogen-bond acceptors (Lipinski definition) is 7. The summed E-state index contributed by atoms with van der Waals surface area (Å²) in [5.74, 6) is -0.858. The molecular formula is C30H56N2O7. The molecule has 0 fully saturated rings. The van der Waals surface area contributed by atoms with Crippen LogP contribution in [0.4, 0.5) is 0 Å². The standard InChI is InChI=1S/C13H13NO.C8H17NO6.C3H8.3C2H6/c1-2-14-13(15)12-9-5-7-10-6-3-4-8-11(10)12;1-2-9-8(15)7(14)6(13)5(12)4(11)3-10;1-3-2;3*1-2/h3-9H,2H2,1H3,(H,14,15);4-7,10-14H,2-3H2,1H3,(H,9,15);3H2,1-2H3;3*1-2H3. The number of fused-ring (bicyclic) bond motifs is 1. The van der Waals surface area contributed by atoms with Crippen LogP contribution in [0.1, 0.15) is 86.0 Å². The molecule has 4 atom stereocenters. The highest BCUT2D eigenvalue weighted by molar-refractivity contribution is 6.06. The van der Waals surface area contributed by atoms with Crippen molar-refractivity contribution in [3.8, 4) is 0 Å². The SMILES string of the molecule is CC.CC.CC.CCC.CCNC(=O)C(O)C(O)C(O)C(O)CO.CCNC(=O)c1cccc2ccccc12. The van der Waals surface area contributed by atoms with Gasteiger partial charge >= 0.3 is 0 Å². The molecule has 0 heterocycles. The molecule has 9 nitrogen and oxygen atoms in total. The van der Waals surface area contributed by atoms with E-state index in [9.17, 15) is 24.9 Å². The van der Waals surface area contributed by atoms with Gasteiger partial charge in [0, 0.05) is 18.7 Å². The maximum atomic E-state index is 11.7. The quantitative estimate of drug-likeness (QED) is 0.261. The second kappa shape index (κ2) is 30.0. The predicted molar refractivity (Wildman–Crippen MR) is 162 cm³/mol. The number of hydrogen-bond donors (Lipinski definition) is 7. The number of rotatable bonds is 8. The Labute approximate surface area is 236 Å². The minimum atomic E-state index is -1.85. The van der Waals surface area contributed by atoms with Gasteiger partial charge in [0.05, 0.1) is 6.61 Å². The summed E-state index contributed by atoms with van der Waals surface area (Å²) in [6, 6.07) is 13.7. The maximum Gasteiger partial charge on any atom is 0.251 e. The number of carbonyl (C=O) groups is 2. The highest BCUT2D eigenvalue weighted by Gasteiger charge is 2.33. The van der Waals surface area contributed by atoms with E-state index in [0.29, 0.717) is 6.54 Å². The van der Waals surface area contributed by atoms with E-state index in [-0.39, 0.29) is 12.5 Å². The van der Waals surface area contributed by atoms with Gasteiger partial charge in [-0.3, -0.25) is 9.59 Å². The van der Waals surface area contributed by atoms with Gasteiger partial charge in [0.15, 0.2) is 6.10 Å². The second-order valence-electron chi connectivity index (χ2n) is 7.16. The molecule has 4 unspecified atom stereocenters. The van der Waals surface area contributed by atoms with E-state index in [0.717, 1.165) is 16.3 Å². The molecule has 0 aliphatic heterocycles. The highest BCUT2D eigenvalue weighted by atomic mass is 16.4. The third kappa shape index (κ3) is 18.4. The molecule has 2 amide bonds. The molecule has 39 heavy (non-hydrogen) atoms. The largest absolute Gasteiger partial charge is 0.394 e. The molecule has 2 aromatic rings. The Kier molecular flexibility index (Phi) is 33.4. The Bertz CT molecular complexity index is 829. The summed E-state index contributed by atoms with van der Waals surface area (Å²) in [5, 5.41) is 52.2. The number of aliphatic hydroxyl groups excluding tert-OH is 5. The van der Waals surface area contributed by atoms with Crippen LogP contribution in [0.25, 0.3) is 10.8 Å². The summed E-state index contributed by atoms with van der Waals surface area (Å²) >= 11 is 0. The number of carbonyl (C=O) groups excluding carboxylic acids is 2. The van der Waals surface area contributed by atoms with Crippen molar-refractivity contribution in [2.75, 3.05) is 19.7 Å². The lowest BCUT2D eigenvalue weighted by molar-refractivity contribution is -0.148. The Morgan fingerprint density at radius 2 is 1.18 bits per heavy atom. The van der Waals surface area contributed by atoms with Crippen molar-refractivity contribution in [2.24, 2.45) is 0 Å². The fraction of sp³-hybridized carbons (Fsp3) is 0.600. The van der Waals surface area contributed by atoms with Gasteiger partial charge in [0.25, 0.3) is 11.8 Å². The average molecular weight is 557 g/mol. The lowest BCUT2D eigenvalue weighted by atomic mass is 10.0. The molecule has 0 aliphatic rings. The van der Waals surface area contributed by atoms with Crippen molar-refractivity contribution >= 4 is 22.6 Å². The van der Waals surface area contributed by atoms with Crippen LogP contribution in [0.3, 0.4) is 0 Å². The fourth-order valence-electron chi connectivity index (χ4n) is 2.64. The molecule has 2 aromatic carbocycles. The first-order valence-corrected chi connectivity index (χ1v) is 14.1. The Hall–Kier alpha value is -2.56. The van der Waals surface area contributed by atoms with Gasteiger partial charge in [-0.15, -0.1) is 0 Å². The minimum absolute atomic E-state index is 0.00528. The number of amides is 2. The fourth-order valence-corrected chi connectivity index (χ4v) is 2.64. The predicted octanol–water partition coefficient (Wildman–Crippen LogP) is 3.64. The van der Waals surface area contributed by atoms with Crippen LogP contribution in [-0.4, -0.2) is 81.5 Å². The molecule has 0 saturated carbocycles. The van der Waals surface area contributed by atoms with E-state index < -0.39 is 36.9 Å². The van der Waals surface area contributed by atoms with E-state index in [1.807, 2.05) is 90.9 Å². The summed E-state index contributed by atoms with van der Waals surface area (Å²) in [7, 11) is 0. The van der Waals surface area contributed by atoms with E-state index >= 15 is 0 Å². The summed E-state index contributed by atoms with van der Waals surface area (Å²) in [6.45, 7) is 19.9. The lowest BCUT2D eigenvalue weighted by Crippen LogP contribution is -2.51. The number of aliphatic hydroxyl groups is 5. The lowest BCUT2D eigenvalue weighted by Gasteiger charge is -2.24. The zero-order valence-corrected chi connectivity index (χ0v) is 25.7. The first kappa shape index (κ1) is 43.5. The van der Waals surface area contributed by atoms with Gasteiger partial charge in [-0.1, -0.05) is 98.2 Å². The zero-order chi connectivity index (χ0) is 31.4. The van der Waals surface area contributed by atoms with Gasteiger partial charge in [0.1, 0.15) is 18.3 Å². The van der Waals surface area contributed by atoms with Gasteiger partial charge < -0.3 is 36.2 Å². The van der Waals surface area contributed by atoms with E-state index in [1.165, 1.54) is 6.42 Å². The van der Waals surface area contributed by atoms with Crippen molar-refractivity contribution in [3.63, 3.8) is 0 Å². The smallest absolute Gasteiger partial charge is 0.251 e. The molecule has 228 valence electrons. The van der Waals surface area contributed by atoms with Crippen LogP contribution in [0.15, 0.2) is 42.5 Å². The normalized spacial score (nSPS) is 12.2. The molecule has 0 radical (unpaired) electrons. The van der Waals surface area contributed by atoms with Gasteiger partial charge in [-0.25, -0.2) is 0 Å². The van der Waals surface area contributed by atoms with Gasteiger partial charge in [0.2, 0.25) is 0 Å². The van der Waals surface area contributed by atoms with Gasteiger partial charge in [-0.2, -0.15) is 0 Å². The first-order valence-electron chi connectivity index (χ1n) is 14.1.